The molecular formula is C100H131N21O21S. The van der Waals surface area contributed by atoms with Gasteiger partial charge in [-0.1, -0.05) is 165 Å². The largest absolute Gasteiger partial charge is 0.482 e. The van der Waals surface area contributed by atoms with Crippen LogP contribution in [0.5, 0.6) is 5.75 Å². The number of amides is 16. The molecule has 1 saturated carbocycles. The topological polar surface area (TPSA) is 628 Å². The van der Waals surface area contributed by atoms with E-state index in [1.807, 2.05) is 42.5 Å². The van der Waals surface area contributed by atoms with Crippen LogP contribution in [0.2, 0.25) is 0 Å². The minimum Gasteiger partial charge on any atom is -0.482 e. The number of carbonyl (C=O) groups excluding carboxylic acids is 16. The van der Waals surface area contributed by atoms with Crippen molar-refractivity contribution in [3.63, 3.8) is 0 Å². The number of fused-ring (bicyclic) bond motifs is 2. The summed E-state index contributed by atoms with van der Waals surface area (Å²) in [7, 11) is 1.29. The number of nitrogens with one attached hydrogen (secondary N) is 15. The van der Waals surface area contributed by atoms with Crippen LogP contribution in [0.15, 0.2) is 140 Å². The fourth-order valence-electron chi connectivity index (χ4n) is 17.6. The number of H-pyrrole nitrogens is 1. The van der Waals surface area contributed by atoms with Crippen LogP contribution in [0.3, 0.4) is 0 Å². The van der Waals surface area contributed by atoms with E-state index in [1.54, 1.807) is 102 Å². The zero-order valence-corrected chi connectivity index (χ0v) is 82.0. The molecule has 5 aromatic carbocycles. The fourth-order valence-corrected chi connectivity index (χ4v) is 18.4. The second-order valence-corrected chi connectivity index (χ2v) is 38.5. The zero-order chi connectivity index (χ0) is 104. The highest BCUT2D eigenvalue weighted by atomic mass is 32.2. The molecule has 21 N–H and O–H groups in total. The normalized spacial score (nSPS) is 22.7. The molecule has 4 fully saturated rings. The van der Waals surface area contributed by atoms with Gasteiger partial charge in [0.1, 0.15) is 78.3 Å². The number of hydrogen-bond acceptors (Lipinski definition) is 22. The molecule has 4 aliphatic rings. The van der Waals surface area contributed by atoms with Gasteiger partial charge >= 0.3 is 11.9 Å². The molecule has 1 aromatic heterocycles. The number of carbonyl (C=O) groups is 18. The summed E-state index contributed by atoms with van der Waals surface area (Å²) in [6.07, 6.45) is 5.16. The highest BCUT2D eigenvalue weighted by Crippen LogP contribution is 2.31. The lowest BCUT2D eigenvalue weighted by molar-refractivity contribution is -0.145. The molecule has 43 heteroatoms. The molecule has 10 rings (SSSR count). The third-order valence-corrected chi connectivity index (χ3v) is 26.2. The molecule has 16 amide bonds. The maximum atomic E-state index is 15.8. The summed E-state index contributed by atoms with van der Waals surface area (Å²) < 4.78 is 5.20. The van der Waals surface area contributed by atoms with E-state index < -0.39 is 229 Å². The Balaban J connectivity index is 1.00. The molecule has 6 aromatic rings. The minimum atomic E-state index is -1.93. The number of benzene rings is 5. The third kappa shape index (κ3) is 33.7. The molecule has 42 nitrogen and oxygen atoms in total. The number of nitrogens with zero attached hydrogens (tertiary/aromatic N) is 4. The van der Waals surface area contributed by atoms with E-state index in [0.29, 0.717) is 46.5 Å². The highest BCUT2D eigenvalue weighted by molar-refractivity contribution is 8.00. The average molecular weight is 2000 g/mol. The number of nitrogens with two attached hydrogens (primary N) is 2. The van der Waals surface area contributed by atoms with Gasteiger partial charge in [0.05, 0.1) is 31.6 Å². The number of thioether (sulfide) groups is 1. The SMILES string of the molecule is CC(C)C[C@@H]1NC(=O)[C@H](Cc2cnc[nH]2)NC(=O)[C@H](C(C)C)NC(=O)[C@@H]2CCCN2C(=O)[C@H](C(C)C)NC(=O)[C@@H](CCCNC(=N)N)NC(=O)[C@H](CC(=O)O)NC(=O)[C@@H]2CCCN2C(=O)CN(C)C(=O)[C@H](Cc2ccc(-c3ccc(NC(=O)c4ccc(OCC(=O)O)cc4)cc3)cc2)NC(=O)[C@H](Cc2ccc(-c3ccccc3)cc2)NC(=O)[C@H](CC2CCCCC2)NC(=O)CSC[C@@H](C(=O)NCC(N)=O)NC1=O. The lowest BCUT2D eigenvalue weighted by Crippen LogP contribution is -2.62. The Morgan fingerprint density at radius 2 is 1.05 bits per heavy atom. The standard InChI is InChI=1S/C100H131N21O21S/c1-56(2)43-71-90(132)116-77(88(130)106-50-80(101)122)53-143-54-81(123)109-72(44-59-17-10-8-11-18-59)91(133)112-73(45-60-24-28-63(29-25-60)62-19-12-9-13-20-62)92(134)115-76(46-61-26-30-64(31-27-61)65-32-36-67(37-33-65)108-87(129)66-34-38-69(39-35-66)142-52-84(127)128)98(140)119(7)51-82(124)120-41-15-22-78(120)95(137)113-75(48-83(125)126)94(136)110-70(21-14-40-105-100(102)103)89(131)118-86(58(5)6)99(141)121-42-16-23-79(121)96(138)117-85(57(3)4)97(139)114-74(93(135)111-71)47-68-49-104-55-107-68/h9,12-13,19-20,24-39,49,55-59,70-79,85-86H,8,10-11,14-18,21-23,40-48,50-54H2,1-7H3,(H2,101,122)(H,104,107)(H,106,130)(H,108,129)(H,109,123)(H,110,136)(H,111,135)(H,112,133)(H,113,137)(H,114,139)(H,115,134)(H,116,132)(H,117,138)(H,118,131)(H,125,126)(H,127,128)(H4,102,103,105)/t70-,71+,72+,73+,74+,75+,76+,77+,78+,79+,85+,86+/m1/s1. The first kappa shape index (κ1) is 110. The van der Waals surface area contributed by atoms with Gasteiger partial charge < -0.3 is 115 Å². The van der Waals surface area contributed by atoms with Gasteiger partial charge in [0, 0.05) is 74.8 Å². The van der Waals surface area contributed by atoms with E-state index in [1.165, 1.54) is 48.7 Å². The number of aliphatic carboxylic acids is 2. The zero-order valence-electron chi connectivity index (χ0n) is 81.2. The Hall–Kier alpha value is -14.8. The van der Waals surface area contributed by atoms with Gasteiger partial charge in [-0.3, -0.25) is 86.9 Å². The first-order valence-electron chi connectivity index (χ1n) is 48.1. The number of carboxylic acids is 2. The van der Waals surface area contributed by atoms with E-state index in [2.05, 4.69) is 79.1 Å². The molecule has 12 atom stereocenters. The predicted octanol–water partition coefficient (Wildman–Crippen LogP) is 2.19. The molecule has 4 heterocycles. The molecule has 143 heavy (non-hydrogen) atoms. The average Bonchev–Trinajstić information content (AvgIpc) is 1.29. The van der Waals surface area contributed by atoms with Crippen molar-refractivity contribution in [1.29, 1.82) is 5.41 Å². The summed E-state index contributed by atoms with van der Waals surface area (Å²) in [4.78, 5) is 270. The van der Waals surface area contributed by atoms with E-state index in [4.69, 9.17) is 26.7 Å². The summed E-state index contributed by atoms with van der Waals surface area (Å²) >= 11 is 0.855. The van der Waals surface area contributed by atoms with Crippen LogP contribution in [-0.4, -0.2) is 278 Å². The van der Waals surface area contributed by atoms with E-state index in [0.717, 1.165) is 52.0 Å². The number of aromatic nitrogens is 2. The second kappa shape index (κ2) is 53.7. The van der Waals surface area contributed by atoms with Crippen molar-refractivity contribution in [3.8, 4) is 28.0 Å². The quantitative estimate of drug-likeness (QED) is 0.0190. The molecule has 0 bridgehead atoms. The maximum Gasteiger partial charge on any atom is 0.341 e. The predicted molar refractivity (Wildman–Crippen MR) is 529 cm³/mol. The van der Waals surface area contributed by atoms with Crippen molar-refractivity contribution in [3.05, 3.63) is 162 Å². The summed E-state index contributed by atoms with van der Waals surface area (Å²) in [5.74, 6) is -19.4. The number of likely N-dealkylation sites (N-methyl/N-ethyl adjacent to an activating group) is 1. The van der Waals surface area contributed by atoms with Crippen molar-refractivity contribution >= 4 is 130 Å². The molecule has 3 aliphatic heterocycles. The molecule has 1 aliphatic carbocycles. The number of primary amides is 1. The lowest BCUT2D eigenvalue weighted by Gasteiger charge is -2.33. The van der Waals surface area contributed by atoms with Gasteiger partial charge in [0.15, 0.2) is 12.6 Å². The molecule has 0 spiro atoms. The van der Waals surface area contributed by atoms with Gasteiger partial charge in [-0.05, 0) is 145 Å². The second-order valence-electron chi connectivity index (χ2n) is 37.5. The summed E-state index contributed by atoms with van der Waals surface area (Å²) in [6, 6.07) is 18.4. The lowest BCUT2D eigenvalue weighted by atomic mass is 9.84. The monoisotopic (exact) mass is 1990 g/mol. The number of hydrogen-bond donors (Lipinski definition) is 19. The summed E-state index contributed by atoms with van der Waals surface area (Å²) in [5.41, 5.74) is 16.2. The van der Waals surface area contributed by atoms with Crippen LogP contribution in [0.25, 0.3) is 22.3 Å². The molecule has 3 saturated heterocycles. The number of carboxylic acid groups (broad SMARTS) is 2. The smallest absolute Gasteiger partial charge is 0.341 e. The van der Waals surface area contributed by atoms with E-state index >= 15 is 19.2 Å². The Morgan fingerprint density at radius 3 is 1.64 bits per heavy atom. The Bertz CT molecular complexity index is 5480. The Morgan fingerprint density at radius 1 is 0.524 bits per heavy atom. The van der Waals surface area contributed by atoms with Crippen molar-refractivity contribution < 1.29 is 101 Å². The van der Waals surface area contributed by atoms with Crippen molar-refractivity contribution in [1.82, 2.24) is 88.5 Å². The van der Waals surface area contributed by atoms with Crippen molar-refractivity contribution in [2.45, 2.75) is 223 Å². The number of imidazole rings is 1. The Labute approximate surface area is 832 Å². The number of anilines is 1. The van der Waals surface area contributed by atoms with Gasteiger partial charge in [0.2, 0.25) is 88.6 Å². The van der Waals surface area contributed by atoms with Gasteiger partial charge in [0.25, 0.3) is 5.91 Å². The maximum absolute atomic E-state index is 15.8. The van der Waals surface area contributed by atoms with E-state index in [9.17, 15) is 72.2 Å². The summed E-state index contributed by atoms with van der Waals surface area (Å²) in [6.45, 7) is 7.87. The van der Waals surface area contributed by atoms with Crippen LogP contribution >= 0.6 is 11.8 Å². The third-order valence-electron chi connectivity index (χ3n) is 25.2. The number of guanidine groups is 1. The molecule has 0 unspecified atom stereocenters. The van der Waals surface area contributed by atoms with Gasteiger partial charge in [-0.2, -0.15) is 0 Å². The van der Waals surface area contributed by atoms with Crippen LogP contribution in [0.1, 0.15) is 159 Å². The van der Waals surface area contributed by atoms with Crippen LogP contribution in [0, 0.1) is 29.1 Å². The number of ether oxygens (including phenoxy) is 1. The van der Waals surface area contributed by atoms with Gasteiger partial charge in [-0.15, -0.1) is 11.8 Å². The molecular weight excluding hydrogens is 1860 g/mol. The Kier molecular flexibility index (Phi) is 41.4. The van der Waals surface area contributed by atoms with Crippen LogP contribution in [0.4, 0.5) is 5.69 Å². The fraction of sp³-hybridized carbons (Fsp3) is 0.480. The van der Waals surface area contributed by atoms with Crippen molar-refractivity contribution in [2.24, 2.45) is 35.1 Å². The van der Waals surface area contributed by atoms with Crippen LogP contribution < -0.4 is 85.3 Å². The van der Waals surface area contributed by atoms with Gasteiger partial charge in [-0.25, -0.2) is 9.78 Å². The first-order chi connectivity index (χ1) is 68.2. The first-order valence-corrected chi connectivity index (χ1v) is 49.3. The molecule has 0 radical (unpaired) electrons. The number of aromatic amines is 1. The van der Waals surface area contributed by atoms with Crippen LogP contribution in [-0.2, 0) is 101 Å². The minimum absolute atomic E-state index is 0.00916. The summed E-state index contributed by atoms with van der Waals surface area (Å²) in [5, 5.41) is 62.4. The number of rotatable bonds is 28. The van der Waals surface area contributed by atoms with E-state index in [-0.39, 0.29) is 119 Å². The highest BCUT2D eigenvalue weighted by Gasteiger charge is 2.45. The molecule has 768 valence electrons. The van der Waals surface area contributed by atoms with Crippen molar-refractivity contribution in [2.75, 3.05) is 63.2 Å².